The minimum Gasteiger partial charge on any atom is -0.482 e. The largest absolute Gasteiger partial charge is 0.482 e. The molecule has 2 N–H and O–H groups in total. The molecule has 1 fully saturated rings. The molecule has 6 nitrogen and oxygen atoms in total. The highest BCUT2D eigenvalue weighted by molar-refractivity contribution is 5.98. The predicted octanol–water partition coefficient (Wildman–Crippen LogP) is 4.60. The van der Waals surface area contributed by atoms with Gasteiger partial charge in [-0.05, 0) is 43.5 Å². The average molecular weight is 435 g/mol. The fraction of sp³-hybridized carbons (Fsp3) is 0.364. The summed E-state index contributed by atoms with van der Waals surface area (Å²) < 4.78 is 44.4. The molecule has 166 valence electrons. The van der Waals surface area contributed by atoms with E-state index in [1.807, 2.05) is 11.8 Å². The second-order valence-corrected chi connectivity index (χ2v) is 7.28. The van der Waals surface area contributed by atoms with E-state index in [-0.39, 0.29) is 24.3 Å². The molecule has 2 amide bonds. The highest BCUT2D eigenvalue weighted by Gasteiger charge is 2.26. The number of nitrogens with zero attached hydrogens (tertiary/aromatic N) is 1. The number of likely N-dealkylation sites (tertiary alicyclic amines) is 1. The summed E-state index contributed by atoms with van der Waals surface area (Å²) in [4.78, 5) is 26.0. The fourth-order valence-electron chi connectivity index (χ4n) is 3.54. The summed E-state index contributed by atoms with van der Waals surface area (Å²) >= 11 is 0. The zero-order valence-electron chi connectivity index (χ0n) is 17.1. The van der Waals surface area contributed by atoms with Crippen molar-refractivity contribution in [2.24, 2.45) is 5.92 Å². The topological polar surface area (TPSA) is 70.7 Å². The summed E-state index contributed by atoms with van der Waals surface area (Å²) in [6.07, 6.45) is 3.93. The minimum absolute atomic E-state index is 0.0401. The van der Waals surface area contributed by atoms with Gasteiger partial charge in [-0.15, -0.1) is 0 Å². The molecule has 0 spiro atoms. The molecule has 0 bridgehead atoms. The Kier molecular flexibility index (Phi) is 7.38. The van der Waals surface area contributed by atoms with Gasteiger partial charge in [-0.1, -0.05) is 13.0 Å². The lowest BCUT2D eigenvalue weighted by atomic mass is 9.95. The highest BCUT2D eigenvalue weighted by atomic mass is 19.2. The number of anilines is 2. The van der Waals surface area contributed by atoms with Crippen LogP contribution in [0.15, 0.2) is 54.0 Å². The summed E-state index contributed by atoms with van der Waals surface area (Å²) in [5.74, 6) is -2.95. The molecule has 31 heavy (non-hydrogen) atoms. The maximum absolute atomic E-state index is 13.7. The van der Waals surface area contributed by atoms with Crippen LogP contribution in [0.1, 0.15) is 26.2 Å². The molecule has 1 aromatic carbocycles. The second-order valence-electron chi connectivity index (χ2n) is 7.28. The van der Waals surface area contributed by atoms with Gasteiger partial charge in [0.05, 0.1) is 5.69 Å². The van der Waals surface area contributed by atoms with Crippen LogP contribution < -0.4 is 15.4 Å². The van der Waals surface area contributed by atoms with E-state index in [0.29, 0.717) is 55.2 Å². The number of halogens is 3. The van der Waals surface area contributed by atoms with E-state index in [2.05, 4.69) is 10.6 Å². The van der Waals surface area contributed by atoms with Gasteiger partial charge in [-0.3, -0.25) is 9.59 Å². The van der Waals surface area contributed by atoms with Crippen LogP contribution in [0.4, 0.5) is 24.5 Å². The second kappa shape index (κ2) is 10.2. The molecule has 0 saturated carbocycles. The normalized spacial score (nSPS) is 18.3. The van der Waals surface area contributed by atoms with Crippen molar-refractivity contribution in [2.45, 2.75) is 26.2 Å². The molecular formula is C22H24F3N3O3. The number of benzene rings is 1. The molecule has 0 aliphatic carbocycles. The number of carbonyl (C=O) groups is 2. The Morgan fingerprint density at radius 3 is 2.71 bits per heavy atom. The van der Waals surface area contributed by atoms with Crippen molar-refractivity contribution in [3.8, 4) is 5.75 Å². The Hall–Kier alpha value is -3.23. The van der Waals surface area contributed by atoms with E-state index in [1.54, 1.807) is 24.3 Å². The predicted molar refractivity (Wildman–Crippen MR) is 111 cm³/mol. The first-order valence-corrected chi connectivity index (χ1v) is 10.1. The van der Waals surface area contributed by atoms with Gasteiger partial charge >= 0.3 is 0 Å². The number of allylic oxidation sites excluding steroid dienone is 4. The van der Waals surface area contributed by atoms with E-state index in [4.69, 9.17) is 4.74 Å². The number of hydrogen-bond acceptors (Lipinski definition) is 4. The number of ether oxygens (including phenoxy) is 1. The number of piperidine rings is 1. The average Bonchev–Trinajstić information content (AvgIpc) is 2.78. The highest BCUT2D eigenvalue weighted by Crippen LogP contribution is 2.31. The van der Waals surface area contributed by atoms with Crippen LogP contribution in [0.3, 0.4) is 0 Å². The molecule has 2 heterocycles. The maximum Gasteiger partial charge on any atom is 0.262 e. The molecule has 0 atom stereocenters. The van der Waals surface area contributed by atoms with Crippen molar-refractivity contribution in [1.29, 1.82) is 0 Å². The van der Waals surface area contributed by atoms with Crippen LogP contribution in [0.5, 0.6) is 5.75 Å². The van der Waals surface area contributed by atoms with Crippen molar-refractivity contribution in [3.05, 3.63) is 54.0 Å². The Morgan fingerprint density at radius 1 is 1.29 bits per heavy atom. The van der Waals surface area contributed by atoms with Crippen LogP contribution in [-0.2, 0) is 9.59 Å². The number of amides is 2. The number of nitrogens with one attached hydrogen (secondary N) is 2. The quantitative estimate of drug-likeness (QED) is 0.641. The van der Waals surface area contributed by atoms with Gasteiger partial charge in [0.2, 0.25) is 5.91 Å². The van der Waals surface area contributed by atoms with Gasteiger partial charge in [0.25, 0.3) is 5.91 Å². The number of rotatable bonds is 6. The molecule has 1 aromatic rings. The first-order chi connectivity index (χ1) is 14.9. The summed E-state index contributed by atoms with van der Waals surface area (Å²) in [6.45, 7) is 2.77. The SMILES string of the molecule is CC\C=C(/C=C(F)\C(F)=C\F)N1CCC(C(=O)Nc2ccc3c(c2)NC(=O)CO3)CC1. The van der Waals surface area contributed by atoms with Crippen LogP contribution in [0.2, 0.25) is 0 Å². The molecule has 9 heteroatoms. The van der Waals surface area contributed by atoms with Gasteiger partial charge in [-0.25, -0.2) is 13.2 Å². The van der Waals surface area contributed by atoms with E-state index < -0.39 is 18.0 Å². The molecule has 1 saturated heterocycles. The van der Waals surface area contributed by atoms with Crippen molar-refractivity contribution < 1.29 is 27.5 Å². The lowest BCUT2D eigenvalue weighted by Gasteiger charge is -2.33. The lowest BCUT2D eigenvalue weighted by Crippen LogP contribution is -2.37. The standard InChI is InChI=1S/C22H24F3N3O3/c1-2-3-16(11-17(24)18(25)12-23)28-8-6-14(7-9-28)22(30)26-15-4-5-20-19(10-15)27-21(29)13-31-20/h3-5,10-12,14H,2,6-9,13H2,1H3,(H,26,30)(H,27,29)/b16-3+,17-11+,18-12-. The first-order valence-electron chi connectivity index (χ1n) is 10.1. The molecule has 2 aliphatic rings. The van der Waals surface area contributed by atoms with Crippen molar-refractivity contribution >= 4 is 23.2 Å². The molecule has 0 aromatic heterocycles. The summed E-state index contributed by atoms with van der Waals surface area (Å²) in [6, 6.07) is 5.02. The summed E-state index contributed by atoms with van der Waals surface area (Å²) in [5, 5.41) is 5.54. The van der Waals surface area contributed by atoms with Crippen molar-refractivity contribution in [2.75, 3.05) is 30.3 Å². The lowest BCUT2D eigenvalue weighted by molar-refractivity contribution is -0.121. The molecule has 0 unspecified atom stereocenters. The molecule has 3 rings (SSSR count). The molecular weight excluding hydrogens is 411 g/mol. The van der Waals surface area contributed by atoms with E-state index in [1.165, 1.54) is 0 Å². The molecule has 0 radical (unpaired) electrons. The third-order valence-corrected chi connectivity index (χ3v) is 5.12. The summed E-state index contributed by atoms with van der Waals surface area (Å²) in [5.41, 5.74) is 1.50. The van der Waals surface area contributed by atoms with Crippen LogP contribution in [0, 0.1) is 5.92 Å². The smallest absolute Gasteiger partial charge is 0.262 e. The summed E-state index contributed by atoms with van der Waals surface area (Å²) in [7, 11) is 0. The Bertz CT molecular complexity index is 935. The Morgan fingerprint density at radius 2 is 2.03 bits per heavy atom. The number of hydrogen-bond donors (Lipinski definition) is 2. The van der Waals surface area contributed by atoms with Gasteiger partial charge in [0, 0.05) is 30.4 Å². The third kappa shape index (κ3) is 5.68. The van der Waals surface area contributed by atoms with Crippen molar-refractivity contribution in [3.63, 3.8) is 0 Å². The van der Waals surface area contributed by atoms with Gasteiger partial charge in [0.15, 0.2) is 18.3 Å². The third-order valence-electron chi connectivity index (χ3n) is 5.12. The van der Waals surface area contributed by atoms with Crippen LogP contribution in [0.25, 0.3) is 0 Å². The monoisotopic (exact) mass is 435 g/mol. The zero-order chi connectivity index (χ0) is 22.4. The van der Waals surface area contributed by atoms with Gasteiger partial charge < -0.3 is 20.3 Å². The van der Waals surface area contributed by atoms with E-state index in [9.17, 15) is 22.8 Å². The van der Waals surface area contributed by atoms with E-state index in [0.717, 1.165) is 6.08 Å². The Balaban J connectivity index is 1.60. The number of fused-ring (bicyclic) bond motifs is 1. The Labute approximate surface area is 178 Å². The van der Waals surface area contributed by atoms with Gasteiger partial charge in [0.1, 0.15) is 12.1 Å². The fourth-order valence-corrected chi connectivity index (χ4v) is 3.54. The molecule has 2 aliphatic heterocycles. The van der Waals surface area contributed by atoms with Gasteiger partial charge in [-0.2, -0.15) is 0 Å². The van der Waals surface area contributed by atoms with Crippen LogP contribution in [-0.4, -0.2) is 36.4 Å². The number of carbonyl (C=O) groups excluding carboxylic acids is 2. The van der Waals surface area contributed by atoms with E-state index >= 15 is 0 Å². The maximum atomic E-state index is 13.7. The first kappa shape index (κ1) is 22.5. The van der Waals surface area contributed by atoms with Crippen molar-refractivity contribution in [1.82, 2.24) is 4.90 Å². The zero-order valence-corrected chi connectivity index (χ0v) is 17.1. The van der Waals surface area contributed by atoms with Crippen LogP contribution >= 0.6 is 0 Å². The minimum atomic E-state index is -1.55.